The zero-order chi connectivity index (χ0) is 6.72. The number of aliphatic hydroxyl groups is 1. The molecule has 3 heterocycles. The Kier molecular flexibility index (Phi) is 0.840. The zero-order valence-electron chi connectivity index (χ0n) is 5.27. The third-order valence-electron chi connectivity index (χ3n) is 2.28. The molecule has 0 aliphatic carbocycles. The summed E-state index contributed by atoms with van der Waals surface area (Å²) in [5, 5.41) is 9.38. The quantitative estimate of drug-likeness (QED) is 0.437. The molecular formula is C6H8O4. The molecule has 4 heteroatoms. The molecule has 3 rings (SSSR count). The van der Waals surface area contributed by atoms with Gasteiger partial charge < -0.3 is 19.3 Å². The molecule has 0 spiro atoms. The lowest BCUT2D eigenvalue weighted by Crippen LogP contribution is -2.39. The van der Waals surface area contributed by atoms with Crippen molar-refractivity contribution in [2.24, 2.45) is 0 Å². The van der Waals surface area contributed by atoms with E-state index >= 15 is 0 Å². The number of hydrogen-bond donors (Lipinski definition) is 1. The number of ether oxygens (including phenoxy) is 3. The van der Waals surface area contributed by atoms with Crippen LogP contribution in [0.15, 0.2) is 0 Å². The van der Waals surface area contributed by atoms with Gasteiger partial charge in [-0.2, -0.15) is 0 Å². The predicted octanol–water partition coefficient (Wildman–Crippen LogP) is -1.13. The van der Waals surface area contributed by atoms with E-state index in [4.69, 9.17) is 14.2 Å². The smallest absolute Gasteiger partial charge is 0.187 e. The molecule has 0 saturated carbocycles. The van der Waals surface area contributed by atoms with E-state index in [1.807, 2.05) is 0 Å². The van der Waals surface area contributed by atoms with Crippen molar-refractivity contribution in [1.29, 1.82) is 0 Å². The summed E-state index contributed by atoms with van der Waals surface area (Å²) in [6.07, 6.45) is -0.809. The van der Waals surface area contributed by atoms with Crippen LogP contribution < -0.4 is 0 Å². The van der Waals surface area contributed by atoms with E-state index in [0.717, 1.165) is 0 Å². The number of fused-ring (bicyclic) bond motifs is 4. The second-order valence-corrected chi connectivity index (χ2v) is 2.93. The summed E-state index contributed by atoms with van der Waals surface area (Å²) in [5.74, 6) is 0. The highest BCUT2D eigenvalue weighted by Gasteiger charge is 2.61. The van der Waals surface area contributed by atoms with Crippen molar-refractivity contribution in [1.82, 2.24) is 0 Å². The van der Waals surface area contributed by atoms with Crippen molar-refractivity contribution in [2.75, 3.05) is 6.61 Å². The molecule has 0 unspecified atom stereocenters. The summed E-state index contributed by atoms with van der Waals surface area (Å²) >= 11 is 0. The Morgan fingerprint density at radius 2 is 2.10 bits per heavy atom. The number of hydrogen-bond acceptors (Lipinski definition) is 4. The van der Waals surface area contributed by atoms with Crippen molar-refractivity contribution in [3.8, 4) is 0 Å². The first-order valence-electron chi connectivity index (χ1n) is 3.47. The first kappa shape index (κ1) is 5.49. The third-order valence-corrected chi connectivity index (χ3v) is 2.28. The van der Waals surface area contributed by atoms with E-state index in [9.17, 15) is 5.11 Å². The molecule has 56 valence electrons. The molecule has 0 aromatic rings. The Labute approximate surface area is 57.7 Å². The van der Waals surface area contributed by atoms with E-state index in [0.29, 0.717) is 6.61 Å². The second kappa shape index (κ2) is 1.53. The maximum Gasteiger partial charge on any atom is 0.187 e. The highest BCUT2D eigenvalue weighted by atomic mass is 16.8. The molecule has 0 amide bonds. The topological polar surface area (TPSA) is 51.2 Å². The van der Waals surface area contributed by atoms with Crippen LogP contribution in [-0.4, -0.2) is 42.4 Å². The molecule has 0 aromatic heterocycles. The van der Waals surface area contributed by atoms with Gasteiger partial charge in [-0.05, 0) is 0 Å². The lowest BCUT2D eigenvalue weighted by atomic mass is 10.1. The SMILES string of the molecule is O[C@H]1[C@@H]2O[C@H]2[C@@H]2OC[C@@H]1O2. The average Bonchev–Trinajstić information content (AvgIpc) is 2.61. The van der Waals surface area contributed by atoms with E-state index in [1.54, 1.807) is 0 Å². The van der Waals surface area contributed by atoms with Crippen LogP contribution in [0.2, 0.25) is 0 Å². The molecule has 3 fully saturated rings. The van der Waals surface area contributed by atoms with Crippen LogP contribution in [0.5, 0.6) is 0 Å². The molecule has 4 nitrogen and oxygen atoms in total. The lowest BCUT2D eigenvalue weighted by Gasteiger charge is -2.18. The standard InChI is InChI=1S/C6H8O4/c7-3-2-1-8-6(9-2)5-4(3)10-5/h2-7H,1H2/t2-,3+,4-,5+,6+/m0/s1. The Balaban J connectivity index is 1.91. The zero-order valence-corrected chi connectivity index (χ0v) is 5.27. The third kappa shape index (κ3) is 0.509. The number of aliphatic hydroxyl groups excluding tert-OH is 1. The van der Waals surface area contributed by atoms with Gasteiger partial charge in [-0.1, -0.05) is 0 Å². The van der Waals surface area contributed by atoms with Crippen LogP contribution in [0.25, 0.3) is 0 Å². The van der Waals surface area contributed by atoms with Crippen LogP contribution in [0.4, 0.5) is 0 Å². The van der Waals surface area contributed by atoms with Crippen LogP contribution in [0.1, 0.15) is 0 Å². The first-order chi connectivity index (χ1) is 4.86. The molecule has 3 saturated heterocycles. The molecule has 2 bridgehead atoms. The van der Waals surface area contributed by atoms with Crippen molar-refractivity contribution < 1.29 is 19.3 Å². The van der Waals surface area contributed by atoms with Crippen molar-refractivity contribution in [3.63, 3.8) is 0 Å². The Morgan fingerprint density at radius 3 is 3.00 bits per heavy atom. The van der Waals surface area contributed by atoms with E-state index < -0.39 is 6.10 Å². The highest BCUT2D eigenvalue weighted by Crippen LogP contribution is 2.41. The average molecular weight is 144 g/mol. The molecule has 0 radical (unpaired) electrons. The summed E-state index contributed by atoms with van der Waals surface area (Å²) in [6.45, 7) is 0.516. The number of rotatable bonds is 0. The van der Waals surface area contributed by atoms with Gasteiger partial charge in [-0.3, -0.25) is 0 Å². The van der Waals surface area contributed by atoms with Gasteiger partial charge in [0.15, 0.2) is 6.29 Å². The largest absolute Gasteiger partial charge is 0.387 e. The van der Waals surface area contributed by atoms with Crippen LogP contribution in [0.3, 0.4) is 0 Å². The van der Waals surface area contributed by atoms with Gasteiger partial charge in [0.25, 0.3) is 0 Å². The summed E-state index contributed by atoms with van der Waals surface area (Å²) in [7, 11) is 0. The number of epoxide rings is 1. The Bertz CT molecular complexity index is 169. The van der Waals surface area contributed by atoms with Gasteiger partial charge in [-0.15, -0.1) is 0 Å². The van der Waals surface area contributed by atoms with E-state index in [1.165, 1.54) is 0 Å². The van der Waals surface area contributed by atoms with Crippen molar-refractivity contribution in [2.45, 2.75) is 30.7 Å². The molecular weight excluding hydrogens is 136 g/mol. The summed E-state index contributed by atoms with van der Waals surface area (Å²) < 4.78 is 15.6. The van der Waals surface area contributed by atoms with Gasteiger partial charge in [0.2, 0.25) is 0 Å². The second-order valence-electron chi connectivity index (χ2n) is 2.93. The van der Waals surface area contributed by atoms with Gasteiger partial charge in [0.05, 0.1) is 6.61 Å². The van der Waals surface area contributed by atoms with E-state index in [-0.39, 0.29) is 24.6 Å². The summed E-state index contributed by atoms with van der Waals surface area (Å²) in [5.41, 5.74) is 0. The summed E-state index contributed by atoms with van der Waals surface area (Å²) in [6, 6.07) is 0. The maximum absolute atomic E-state index is 9.38. The van der Waals surface area contributed by atoms with Gasteiger partial charge in [0.1, 0.15) is 24.4 Å². The minimum atomic E-state index is -0.469. The minimum Gasteiger partial charge on any atom is -0.387 e. The predicted molar refractivity (Wildman–Crippen MR) is 29.3 cm³/mol. The van der Waals surface area contributed by atoms with Gasteiger partial charge in [0, 0.05) is 0 Å². The van der Waals surface area contributed by atoms with Crippen LogP contribution >= 0.6 is 0 Å². The molecule has 3 aliphatic heterocycles. The van der Waals surface area contributed by atoms with Crippen molar-refractivity contribution in [3.05, 3.63) is 0 Å². The Hall–Kier alpha value is -0.160. The van der Waals surface area contributed by atoms with Gasteiger partial charge >= 0.3 is 0 Å². The van der Waals surface area contributed by atoms with Gasteiger partial charge in [-0.25, -0.2) is 0 Å². The Morgan fingerprint density at radius 1 is 1.20 bits per heavy atom. The maximum atomic E-state index is 9.38. The van der Waals surface area contributed by atoms with Crippen molar-refractivity contribution >= 4 is 0 Å². The lowest BCUT2D eigenvalue weighted by molar-refractivity contribution is -0.103. The van der Waals surface area contributed by atoms with E-state index in [2.05, 4.69) is 0 Å². The first-order valence-corrected chi connectivity index (χ1v) is 3.47. The molecule has 10 heavy (non-hydrogen) atoms. The molecule has 0 aromatic carbocycles. The van der Waals surface area contributed by atoms with Crippen LogP contribution in [0, 0.1) is 0 Å². The summed E-state index contributed by atoms with van der Waals surface area (Å²) in [4.78, 5) is 0. The normalized spacial score (nSPS) is 63.9. The molecule has 5 atom stereocenters. The molecule has 3 aliphatic rings. The highest BCUT2D eigenvalue weighted by molar-refractivity contribution is 5.03. The fraction of sp³-hybridized carbons (Fsp3) is 1.00. The fourth-order valence-corrected chi connectivity index (χ4v) is 1.63. The minimum absolute atomic E-state index is 0.00810. The monoisotopic (exact) mass is 144 g/mol. The van der Waals surface area contributed by atoms with Crippen LogP contribution in [-0.2, 0) is 14.2 Å². The molecule has 1 N–H and O–H groups in total. The fourth-order valence-electron chi connectivity index (χ4n) is 1.63.